The first-order chi connectivity index (χ1) is 8.54. The van der Waals surface area contributed by atoms with E-state index in [2.05, 4.69) is 0 Å². The van der Waals surface area contributed by atoms with Crippen molar-refractivity contribution in [2.45, 2.75) is 24.9 Å². The molecule has 98 valence electrons. The molecule has 1 fully saturated rings. The largest absolute Gasteiger partial charge is 0.468 e. The minimum Gasteiger partial charge on any atom is -0.468 e. The van der Waals surface area contributed by atoms with Gasteiger partial charge in [0, 0.05) is 6.04 Å². The molecule has 0 bridgehead atoms. The monoisotopic (exact) mass is 255 g/mol. The fraction of sp³-hybridized carbons (Fsp3) is 0.462. The zero-order chi connectivity index (χ0) is 13.3. The molecule has 1 aliphatic carbocycles. The molecule has 0 saturated heterocycles. The van der Waals surface area contributed by atoms with Gasteiger partial charge in [-0.25, -0.2) is 13.6 Å². The van der Waals surface area contributed by atoms with Crippen LogP contribution in [0.15, 0.2) is 18.2 Å². The van der Waals surface area contributed by atoms with Crippen LogP contribution < -0.4 is 0 Å². The summed E-state index contributed by atoms with van der Waals surface area (Å²) in [6.07, 6.45) is 2.02. The number of likely N-dealkylation sites (N-methyl/N-ethyl adjacent to an activating group) is 1. The SMILES string of the molecule is COC(=O)C(c1ccc(F)c(F)c1)N(C)C1CC1. The van der Waals surface area contributed by atoms with Gasteiger partial charge < -0.3 is 4.74 Å². The second-order valence-corrected chi connectivity index (χ2v) is 4.50. The summed E-state index contributed by atoms with van der Waals surface area (Å²) in [7, 11) is 3.08. The summed E-state index contributed by atoms with van der Waals surface area (Å²) < 4.78 is 30.9. The van der Waals surface area contributed by atoms with E-state index in [0.717, 1.165) is 25.0 Å². The molecule has 1 aromatic rings. The Hall–Kier alpha value is -1.49. The molecule has 5 heteroatoms. The number of esters is 1. The average Bonchev–Trinajstić information content (AvgIpc) is 3.17. The highest BCUT2D eigenvalue weighted by molar-refractivity contribution is 5.77. The van der Waals surface area contributed by atoms with Gasteiger partial charge in [-0.3, -0.25) is 4.90 Å². The van der Waals surface area contributed by atoms with Crippen LogP contribution in [0.1, 0.15) is 24.4 Å². The lowest BCUT2D eigenvalue weighted by molar-refractivity contribution is -0.147. The number of carbonyl (C=O) groups excluding carboxylic acids is 1. The molecule has 1 aromatic carbocycles. The first kappa shape index (κ1) is 13.0. The molecule has 3 nitrogen and oxygen atoms in total. The Balaban J connectivity index is 2.32. The van der Waals surface area contributed by atoms with Crippen molar-refractivity contribution >= 4 is 5.97 Å². The molecule has 0 radical (unpaired) electrons. The second-order valence-electron chi connectivity index (χ2n) is 4.50. The van der Waals surface area contributed by atoms with Crippen LogP contribution in [0.25, 0.3) is 0 Å². The first-order valence-corrected chi connectivity index (χ1v) is 5.79. The van der Waals surface area contributed by atoms with E-state index >= 15 is 0 Å². The van der Waals surface area contributed by atoms with Crippen molar-refractivity contribution in [1.82, 2.24) is 4.90 Å². The molecule has 1 atom stereocenters. The molecule has 0 spiro atoms. The summed E-state index contributed by atoms with van der Waals surface area (Å²) in [5.74, 6) is -2.34. The topological polar surface area (TPSA) is 29.5 Å². The predicted octanol–water partition coefficient (Wildman–Crippen LogP) is 2.27. The van der Waals surface area contributed by atoms with Gasteiger partial charge in [-0.2, -0.15) is 0 Å². The Morgan fingerprint density at radius 1 is 1.39 bits per heavy atom. The van der Waals surface area contributed by atoms with Crippen molar-refractivity contribution in [3.05, 3.63) is 35.4 Å². The first-order valence-electron chi connectivity index (χ1n) is 5.79. The maximum Gasteiger partial charge on any atom is 0.327 e. The fourth-order valence-electron chi connectivity index (χ4n) is 2.02. The summed E-state index contributed by atoms with van der Waals surface area (Å²) in [6.45, 7) is 0. The normalized spacial score (nSPS) is 16.7. The van der Waals surface area contributed by atoms with E-state index in [9.17, 15) is 13.6 Å². The molecular formula is C13H15F2NO2. The number of benzene rings is 1. The molecule has 0 N–H and O–H groups in total. The summed E-state index contributed by atoms with van der Waals surface area (Å²) in [4.78, 5) is 13.6. The van der Waals surface area contributed by atoms with Gasteiger partial charge in [-0.15, -0.1) is 0 Å². The Morgan fingerprint density at radius 2 is 2.06 bits per heavy atom. The maximum atomic E-state index is 13.2. The lowest BCUT2D eigenvalue weighted by atomic mass is 10.1. The molecule has 18 heavy (non-hydrogen) atoms. The predicted molar refractivity (Wildman–Crippen MR) is 61.9 cm³/mol. The van der Waals surface area contributed by atoms with E-state index < -0.39 is 23.6 Å². The molecule has 1 unspecified atom stereocenters. The summed E-state index contributed by atoms with van der Waals surface area (Å²) in [5, 5.41) is 0. The van der Waals surface area contributed by atoms with Crippen LogP contribution in [0.5, 0.6) is 0 Å². The molecule has 1 aliphatic rings. The van der Waals surface area contributed by atoms with Crippen molar-refractivity contribution in [3.8, 4) is 0 Å². The van der Waals surface area contributed by atoms with Gasteiger partial charge in [0.05, 0.1) is 7.11 Å². The van der Waals surface area contributed by atoms with Gasteiger partial charge in [0.2, 0.25) is 0 Å². The molecule has 0 amide bonds. The van der Waals surface area contributed by atoms with E-state index in [-0.39, 0.29) is 0 Å². The Labute approximate surface area is 104 Å². The zero-order valence-corrected chi connectivity index (χ0v) is 10.3. The summed E-state index contributed by atoms with van der Waals surface area (Å²) in [5.41, 5.74) is 0.412. The molecule has 2 rings (SSSR count). The summed E-state index contributed by atoms with van der Waals surface area (Å²) in [6, 6.07) is 3.12. The van der Waals surface area contributed by atoms with E-state index in [0.29, 0.717) is 11.6 Å². The standard InChI is InChI=1S/C13H15F2NO2/c1-16(9-4-5-9)12(13(17)18-2)8-3-6-10(14)11(15)7-8/h3,6-7,9,12H,4-5H2,1-2H3. The molecule has 0 heterocycles. The van der Waals surface area contributed by atoms with Gasteiger partial charge >= 0.3 is 5.97 Å². The number of halogens is 2. The lowest BCUT2D eigenvalue weighted by Gasteiger charge is -2.26. The Morgan fingerprint density at radius 3 is 2.56 bits per heavy atom. The number of hydrogen-bond acceptors (Lipinski definition) is 3. The van der Waals surface area contributed by atoms with Crippen molar-refractivity contribution < 1.29 is 18.3 Å². The number of nitrogens with zero attached hydrogens (tertiary/aromatic N) is 1. The van der Waals surface area contributed by atoms with Crippen LogP contribution in [-0.2, 0) is 9.53 Å². The lowest BCUT2D eigenvalue weighted by Crippen LogP contribution is -2.33. The second kappa shape index (κ2) is 5.02. The minimum atomic E-state index is -0.953. The third kappa shape index (κ3) is 2.51. The number of hydrogen-bond donors (Lipinski definition) is 0. The van der Waals surface area contributed by atoms with Gasteiger partial charge in [-0.1, -0.05) is 6.07 Å². The van der Waals surface area contributed by atoms with E-state index in [4.69, 9.17) is 4.74 Å². The number of methoxy groups -OCH3 is 1. The van der Waals surface area contributed by atoms with Crippen LogP contribution >= 0.6 is 0 Å². The van der Waals surface area contributed by atoms with E-state index in [1.165, 1.54) is 13.2 Å². The van der Waals surface area contributed by atoms with Crippen LogP contribution in [-0.4, -0.2) is 31.1 Å². The quantitative estimate of drug-likeness (QED) is 0.773. The van der Waals surface area contributed by atoms with E-state index in [1.807, 2.05) is 4.90 Å². The Bertz CT molecular complexity index is 460. The Kier molecular flexibility index (Phi) is 3.61. The van der Waals surface area contributed by atoms with E-state index in [1.54, 1.807) is 7.05 Å². The minimum absolute atomic E-state index is 0.308. The van der Waals surface area contributed by atoms with Gasteiger partial charge in [0.15, 0.2) is 11.6 Å². The average molecular weight is 255 g/mol. The maximum absolute atomic E-state index is 13.2. The molecule has 1 saturated carbocycles. The highest BCUT2D eigenvalue weighted by Gasteiger charge is 2.36. The van der Waals surface area contributed by atoms with Crippen LogP contribution in [0.4, 0.5) is 8.78 Å². The highest BCUT2D eigenvalue weighted by Crippen LogP contribution is 2.33. The van der Waals surface area contributed by atoms with Gasteiger partial charge in [0.25, 0.3) is 0 Å². The highest BCUT2D eigenvalue weighted by atomic mass is 19.2. The third-order valence-electron chi connectivity index (χ3n) is 3.21. The number of carbonyl (C=O) groups is 1. The molecular weight excluding hydrogens is 240 g/mol. The number of rotatable bonds is 4. The van der Waals surface area contributed by atoms with Crippen molar-refractivity contribution in [2.24, 2.45) is 0 Å². The van der Waals surface area contributed by atoms with Crippen LogP contribution in [0.3, 0.4) is 0 Å². The fourth-order valence-corrected chi connectivity index (χ4v) is 2.02. The molecule has 0 aliphatic heterocycles. The van der Waals surface area contributed by atoms with Crippen molar-refractivity contribution in [3.63, 3.8) is 0 Å². The van der Waals surface area contributed by atoms with Crippen molar-refractivity contribution in [1.29, 1.82) is 0 Å². The van der Waals surface area contributed by atoms with Crippen molar-refractivity contribution in [2.75, 3.05) is 14.2 Å². The van der Waals surface area contributed by atoms with Gasteiger partial charge in [-0.05, 0) is 37.6 Å². The van der Waals surface area contributed by atoms with Crippen LogP contribution in [0.2, 0.25) is 0 Å². The zero-order valence-electron chi connectivity index (χ0n) is 10.3. The third-order valence-corrected chi connectivity index (χ3v) is 3.21. The molecule has 0 aromatic heterocycles. The van der Waals surface area contributed by atoms with Gasteiger partial charge in [0.1, 0.15) is 6.04 Å². The smallest absolute Gasteiger partial charge is 0.327 e. The van der Waals surface area contributed by atoms with Crippen LogP contribution in [0, 0.1) is 11.6 Å². The number of ether oxygens (including phenoxy) is 1. The summed E-state index contributed by atoms with van der Waals surface area (Å²) >= 11 is 0.